The first-order valence-electron chi connectivity index (χ1n) is 5.46. The average molecular weight is 279 g/mol. The van der Waals surface area contributed by atoms with E-state index in [0.717, 1.165) is 24.4 Å². The Morgan fingerprint density at radius 1 is 1.50 bits per heavy atom. The van der Waals surface area contributed by atoms with Crippen LogP contribution in [-0.2, 0) is 6.18 Å². The molecule has 0 amide bonds. The van der Waals surface area contributed by atoms with Crippen LogP contribution in [0.5, 0.6) is 0 Å². The first-order chi connectivity index (χ1) is 8.38. The van der Waals surface area contributed by atoms with E-state index in [1.54, 1.807) is 11.8 Å². The summed E-state index contributed by atoms with van der Waals surface area (Å²) in [5, 5.41) is 3.02. The number of aromatic nitrogens is 1. The maximum absolute atomic E-state index is 12.5. The Labute approximate surface area is 108 Å². The van der Waals surface area contributed by atoms with E-state index < -0.39 is 11.9 Å². The summed E-state index contributed by atoms with van der Waals surface area (Å²) in [6.07, 6.45) is -0.659. The van der Waals surface area contributed by atoms with E-state index in [0.29, 0.717) is 5.69 Å². The van der Waals surface area contributed by atoms with Crippen LogP contribution in [0.3, 0.4) is 0 Å². The third-order valence-electron chi connectivity index (χ3n) is 2.45. The number of halogens is 3. The van der Waals surface area contributed by atoms with Gasteiger partial charge in [-0.15, -0.1) is 0 Å². The van der Waals surface area contributed by atoms with Gasteiger partial charge in [0.25, 0.3) is 0 Å². The van der Waals surface area contributed by atoms with Crippen molar-refractivity contribution in [1.82, 2.24) is 4.98 Å². The minimum absolute atomic E-state index is 0.0887. The lowest BCUT2D eigenvalue weighted by Gasteiger charge is -2.19. The van der Waals surface area contributed by atoms with Gasteiger partial charge in [-0.25, -0.2) is 4.98 Å². The summed E-state index contributed by atoms with van der Waals surface area (Å²) in [6.45, 7) is 1.97. The second kappa shape index (κ2) is 6.17. The first kappa shape index (κ1) is 14.9. The Morgan fingerprint density at radius 2 is 2.17 bits per heavy atom. The molecule has 1 heterocycles. The smallest absolute Gasteiger partial charge is 0.396 e. The van der Waals surface area contributed by atoms with Crippen LogP contribution in [0.4, 0.5) is 24.5 Å². The molecule has 3 N–H and O–H groups in total. The number of nitrogens with one attached hydrogen (secondary N) is 1. The Hall–Kier alpha value is -1.11. The number of nitrogens with two attached hydrogens (primary N) is 1. The van der Waals surface area contributed by atoms with Gasteiger partial charge in [-0.05, 0) is 18.7 Å². The van der Waals surface area contributed by atoms with E-state index in [1.165, 1.54) is 0 Å². The zero-order valence-corrected chi connectivity index (χ0v) is 11.0. The van der Waals surface area contributed by atoms with Crippen LogP contribution in [0.15, 0.2) is 12.3 Å². The number of hydrogen-bond donors (Lipinski definition) is 2. The van der Waals surface area contributed by atoms with E-state index in [2.05, 4.69) is 10.3 Å². The lowest BCUT2D eigenvalue weighted by Crippen LogP contribution is -2.22. The lowest BCUT2D eigenvalue weighted by molar-refractivity contribution is -0.141. The normalized spacial score (nSPS) is 13.4. The molecule has 0 aliphatic carbocycles. The Balaban J connectivity index is 2.93. The molecule has 0 bridgehead atoms. The summed E-state index contributed by atoms with van der Waals surface area (Å²) < 4.78 is 37.6. The number of rotatable bonds is 5. The third-order valence-corrected chi connectivity index (χ3v) is 3.18. The molecule has 0 saturated heterocycles. The molecule has 0 saturated carbocycles. The summed E-state index contributed by atoms with van der Waals surface area (Å²) in [7, 11) is 0. The zero-order chi connectivity index (χ0) is 13.8. The van der Waals surface area contributed by atoms with Crippen LogP contribution >= 0.6 is 11.8 Å². The summed E-state index contributed by atoms with van der Waals surface area (Å²) in [5.74, 6) is 0.805. The van der Waals surface area contributed by atoms with Gasteiger partial charge in [0.15, 0.2) is 0 Å². The zero-order valence-electron chi connectivity index (χ0n) is 10.2. The molecule has 0 radical (unpaired) electrons. The number of pyridine rings is 1. The van der Waals surface area contributed by atoms with Crippen molar-refractivity contribution in [1.29, 1.82) is 0 Å². The Morgan fingerprint density at radius 3 is 2.67 bits per heavy atom. The minimum Gasteiger partial charge on any atom is -0.396 e. The number of hydrogen-bond acceptors (Lipinski definition) is 4. The van der Waals surface area contributed by atoms with Crippen LogP contribution in [-0.4, -0.2) is 23.0 Å². The third kappa shape index (κ3) is 3.97. The second-order valence-corrected chi connectivity index (χ2v) is 4.77. The number of thioether (sulfide) groups is 1. The fraction of sp³-hybridized carbons (Fsp3) is 0.545. The van der Waals surface area contributed by atoms with E-state index in [4.69, 9.17) is 5.73 Å². The van der Waals surface area contributed by atoms with Gasteiger partial charge in [0.1, 0.15) is 5.69 Å². The topological polar surface area (TPSA) is 50.9 Å². The van der Waals surface area contributed by atoms with Gasteiger partial charge in [-0.1, -0.05) is 6.92 Å². The van der Waals surface area contributed by atoms with Gasteiger partial charge in [-0.2, -0.15) is 24.9 Å². The van der Waals surface area contributed by atoms with Crippen LogP contribution in [0.25, 0.3) is 0 Å². The van der Waals surface area contributed by atoms with Gasteiger partial charge in [0.05, 0.1) is 17.6 Å². The van der Waals surface area contributed by atoms with Crippen molar-refractivity contribution in [2.45, 2.75) is 25.6 Å². The van der Waals surface area contributed by atoms with Crippen LogP contribution in [0.1, 0.15) is 19.0 Å². The SMILES string of the molecule is CCC(CSC)Nc1cc(C(F)(F)F)ncc1N. The molecule has 0 aliphatic rings. The highest BCUT2D eigenvalue weighted by Gasteiger charge is 2.33. The lowest BCUT2D eigenvalue weighted by atomic mass is 10.2. The van der Waals surface area contributed by atoms with E-state index >= 15 is 0 Å². The molecule has 0 aliphatic heterocycles. The van der Waals surface area contributed by atoms with Gasteiger partial charge >= 0.3 is 6.18 Å². The highest BCUT2D eigenvalue weighted by atomic mass is 32.2. The van der Waals surface area contributed by atoms with E-state index in [1.807, 2.05) is 13.2 Å². The molecule has 1 rings (SSSR count). The molecule has 0 fully saturated rings. The molecule has 1 atom stereocenters. The first-order valence-corrected chi connectivity index (χ1v) is 6.86. The number of nitrogen functional groups attached to an aromatic ring is 1. The molecular weight excluding hydrogens is 263 g/mol. The summed E-state index contributed by atoms with van der Waals surface area (Å²) in [6, 6.07) is 1.05. The van der Waals surface area contributed by atoms with E-state index in [9.17, 15) is 13.2 Å². The van der Waals surface area contributed by atoms with Crippen molar-refractivity contribution in [2.24, 2.45) is 0 Å². The molecule has 1 unspecified atom stereocenters. The molecule has 0 spiro atoms. The van der Waals surface area contributed by atoms with Crippen molar-refractivity contribution >= 4 is 23.1 Å². The number of alkyl halides is 3. The van der Waals surface area contributed by atoms with Gasteiger partial charge in [0.2, 0.25) is 0 Å². The highest BCUT2D eigenvalue weighted by Crippen LogP contribution is 2.31. The summed E-state index contributed by atoms with van der Waals surface area (Å²) in [4.78, 5) is 3.29. The minimum atomic E-state index is -4.45. The maximum Gasteiger partial charge on any atom is 0.433 e. The maximum atomic E-state index is 12.5. The fourth-order valence-corrected chi connectivity index (χ4v) is 2.15. The van der Waals surface area contributed by atoms with Gasteiger partial charge in [-0.3, -0.25) is 0 Å². The van der Waals surface area contributed by atoms with Crippen LogP contribution in [0.2, 0.25) is 0 Å². The Kier molecular flexibility index (Phi) is 5.13. The summed E-state index contributed by atoms with van der Waals surface area (Å²) >= 11 is 1.63. The molecule has 0 aromatic carbocycles. The van der Waals surface area contributed by atoms with Gasteiger partial charge < -0.3 is 11.1 Å². The van der Waals surface area contributed by atoms with Crippen molar-refractivity contribution in [3.05, 3.63) is 18.0 Å². The number of anilines is 2. The molecule has 102 valence electrons. The quantitative estimate of drug-likeness (QED) is 0.868. The highest BCUT2D eigenvalue weighted by molar-refractivity contribution is 7.98. The van der Waals surface area contributed by atoms with Crippen LogP contribution in [0, 0.1) is 0 Å². The van der Waals surface area contributed by atoms with E-state index in [-0.39, 0.29) is 11.7 Å². The predicted molar refractivity (Wildman–Crippen MR) is 69.7 cm³/mol. The molecular formula is C11H16F3N3S. The standard InChI is InChI=1S/C11H16F3N3S/c1-3-7(6-18-2)17-9-4-10(11(12,13)14)16-5-8(9)15/h4-5,7H,3,6,15H2,1-2H3,(H,16,17). The molecule has 3 nitrogen and oxygen atoms in total. The van der Waals surface area contributed by atoms with Crippen molar-refractivity contribution in [3.8, 4) is 0 Å². The molecule has 1 aromatic heterocycles. The largest absolute Gasteiger partial charge is 0.433 e. The second-order valence-electron chi connectivity index (χ2n) is 3.86. The van der Waals surface area contributed by atoms with Gasteiger partial charge in [0, 0.05) is 11.8 Å². The number of nitrogens with zero attached hydrogens (tertiary/aromatic N) is 1. The molecule has 7 heteroatoms. The molecule has 1 aromatic rings. The van der Waals surface area contributed by atoms with Crippen molar-refractivity contribution < 1.29 is 13.2 Å². The predicted octanol–water partition coefficient (Wildman–Crippen LogP) is 3.24. The van der Waals surface area contributed by atoms with Crippen molar-refractivity contribution in [2.75, 3.05) is 23.1 Å². The monoisotopic (exact) mass is 279 g/mol. The van der Waals surface area contributed by atoms with Crippen molar-refractivity contribution in [3.63, 3.8) is 0 Å². The van der Waals surface area contributed by atoms with Crippen LogP contribution < -0.4 is 11.1 Å². The molecule has 18 heavy (non-hydrogen) atoms. The summed E-state index contributed by atoms with van der Waals surface area (Å²) in [5.41, 5.74) is 5.22. The average Bonchev–Trinajstić information content (AvgIpc) is 2.29. The Bertz CT molecular complexity index is 396. The fourth-order valence-electron chi connectivity index (χ4n) is 1.43.